The van der Waals surface area contributed by atoms with Crippen LogP contribution >= 0.6 is 0 Å². The summed E-state index contributed by atoms with van der Waals surface area (Å²) >= 11 is 0. The second-order valence-corrected chi connectivity index (χ2v) is 5.06. The van der Waals surface area contributed by atoms with Crippen molar-refractivity contribution in [2.75, 3.05) is 6.54 Å². The molecule has 0 saturated heterocycles. The van der Waals surface area contributed by atoms with Gasteiger partial charge in [-0.05, 0) is 12.5 Å². The van der Waals surface area contributed by atoms with E-state index in [0.29, 0.717) is 17.8 Å². The SMILES string of the molecule is CCCNC(=O)c1c(-c2ccccc2)nnc2ccccc12. The van der Waals surface area contributed by atoms with Crippen molar-refractivity contribution >= 4 is 16.8 Å². The lowest BCUT2D eigenvalue weighted by Gasteiger charge is -2.11. The van der Waals surface area contributed by atoms with Gasteiger partial charge in [0.05, 0.1) is 11.1 Å². The lowest BCUT2D eigenvalue weighted by Crippen LogP contribution is -2.25. The van der Waals surface area contributed by atoms with E-state index >= 15 is 0 Å². The summed E-state index contributed by atoms with van der Waals surface area (Å²) in [6, 6.07) is 17.3. The van der Waals surface area contributed by atoms with Crippen LogP contribution in [0, 0.1) is 0 Å². The number of nitrogens with one attached hydrogen (secondary N) is 1. The number of hydrogen-bond donors (Lipinski definition) is 1. The first kappa shape index (κ1) is 14.2. The summed E-state index contributed by atoms with van der Waals surface area (Å²) in [5, 5.41) is 12.3. The van der Waals surface area contributed by atoms with Crippen molar-refractivity contribution in [1.82, 2.24) is 15.5 Å². The molecule has 2 aromatic carbocycles. The molecule has 0 aliphatic rings. The van der Waals surface area contributed by atoms with Gasteiger partial charge in [0.2, 0.25) is 0 Å². The van der Waals surface area contributed by atoms with Gasteiger partial charge in [0, 0.05) is 17.5 Å². The topological polar surface area (TPSA) is 54.9 Å². The number of rotatable bonds is 4. The van der Waals surface area contributed by atoms with Gasteiger partial charge in [0.15, 0.2) is 0 Å². The molecule has 110 valence electrons. The molecule has 22 heavy (non-hydrogen) atoms. The van der Waals surface area contributed by atoms with Crippen LogP contribution in [0.2, 0.25) is 0 Å². The average Bonchev–Trinajstić information content (AvgIpc) is 2.59. The normalized spacial score (nSPS) is 10.6. The quantitative estimate of drug-likeness (QED) is 0.801. The van der Waals surface area contributed by atoms with E-state index in [1.54, 1.807) is 0 Å². The summed E-state index contributed by atoms with van der Waals surface area (Å²) in [5.41, 5.74) is 2.82. The zero-order chi connectivity index (χ0) is 15.4. The molecule has 0 saturated carbocycles. The third-order valence-corrected chi connectivity index (χ3v) is 3.48. The highest BCUT2D eigenvalue weighted by atomic mass is 16.1. The highest BCUT2D eigenvalue weighted by Gasteiger charge is 2.18. The van der Waals surface area contributed by atoms with Gasteiger partial charge in [-0.3, -0.25) is 4.79 Å². The monoisotopic (exact) mass is 291 g/mol. The van der Waals surface area contributed by atoms with E-state index in [9.17, 15) is 4.79 Å². The first-order valence-electron chi connectivity index (χ1n) is 7.40. The molecular weight excluding hydrogens is 274 g/mol. The molecule has 1 aromatic heterocycles. The van der Waals surface area contributed by atoms with Crippen LogP contribution in [0.4, 0.5) is 0 Å². The number of carbonyl (C=O) groups excluding carboxylic acids is 1. The van der Waals surface area contributed by atoms with E-state index in [1.807, 2.05) is 61.5 Å². The lowest BCUT2D eigenvalue weighted by molar-refractivity contribution is 0.0955. The minimum absolute atomic E-state index is 0.105. The molecule has 3 rings (SSSR count). The molecule has 3 aromatic rings. The Labute approximate surface area is 129 Å². The van der Waals surface area contributed by atoms with Crippen molar-refractivity contribution in [2.24, 2.45) is 0 Å². The van der Waals surface area contributed by atoms with Crippen molar-refractivity contribution in [2.45, 2.75) is 13.3 Å². The van der Waals surface area contributed by atoms with Crippen LogP contribution in [0.3, 0.4) is 0 Å². The first-order chi connectivity index (χ1) is 10.8. The minimum Gasteiger partial charge on any atom is -0.352 e. The van der Waals surface area contributed by atoms with Crippen LogP contribution in [-0.4, -0.2) is 22.6 Å². The second kappa shape index (κ2) is 6.35. The van der Waals surface area contributed by atoms with Crippen LogP contribution in [0.15, 0.2) is 54.6 Å². The van der Waals surface area contributed by atoms with Gasteiger partial charge < -0.3 is 5.32 Å². The molecule has 1 amide bonds. The van der Waals surface area contributed by atoms with E-state index in [1.165, 1.54) is 0 Å². The molecule has 0 unspecified atom stereocenters. The number of fused-ring (bicyclic) bond motifs is 1. The molecule has 0 radical (unpaired) electrons. The Hall–Kier alpha value is -2.75. The lowest BCUT2D eigenvalue weighted by atomic mass is 10.0. The number of amides is 1. The maximum atomic E-state index is 12.6. The highest BCUT2D eigenvalue weighted by Crippen LogP contribution is 2.26. The predicted octanol–water partition coefficient (Wildman–Crippen LogP) is 3.44. The smallest absolute Gasteiger partial charge is 0.254 e. The van der Waals surface area contributed by atoms with Crippen LogP contribution in [0.1, 0.15) is 23.7 Å². The maximum absolute atomic E-state index is 12.6. The molecule has 4 nitrogen and oxygen atoms in total. The fraction of sp³-hybridized carbons (Fsp3) is 0.167. The maximum Gasteiger partial charge on any atom is 0.254 e. The van der Waals surface area contributed by atoms with Gasteiger partial charge in [-0.2, -0.15) is 0 Å². The van der Waals surface area contributed by atoms with Crippen molar-refractivity contribution in [3.63, 3.8) is 0 Å². The van der Waals surface area contributed by atoms with Gasteiger partial charge in [-0.15, -0.1) is 10.2 Å². The summed E-state index contributed by atoms with van der Waals surface area (Å²) in [5.74, 6) is -0.105. The first-order valence-corrected chi connectivity index (χ1v) is 7.40. The van der Waals surface area contributed by atoms with E-state index in [-0.39, 0.29) is 5.91 Å². The Balaban J connectivity index is 2.21. The summed E-state index contributed by atoms with van der Waals surface area (Å²) in [6.07, 6.45) is 0.892. The number of hydrogen-bond acceptors (Lipinski definition) is 3. The number of aromatic nitrogens is 2. The molecule has 0 fully saturated rings. The molecule has 1 heterocycles. The van der Waals surface area contributed by atoms with Gasteiger partial charge in [-0.25, -0.2) is 0 Å². The van der Waals surface area contributed by atoms with E-state index in [0.717, 1.165) is 22.9 Å². The fourth-order valence-corrected chi connectivity index (χ4v) is 2.41. The third kappa shape index (κ3) is 2.68. The third-order valence-electron chi connectivity index (χ3n) is 3.48. The van der Waals surface area contributed by atoms with Crippen LogP contribution in [0.5, 0.6) is 0 Å². The summed E-state index contributed by atoms with van der Waals surface area (Å²) < 4.78 is 0. The molecule has 0 bridgehead atoms. The molecule has 0 spiro atoms. The van der Waals surface area contributed by atoms with Crippen molar-refractivity contribution in [3.05, 3.63) is 60.2 Å². The average molecular weight is 291 g/mol. The fourth-order valence-electron chi connectivity index (χ4n) is 2.41. The molecular formula is C18H17N3O. The zero-order valence-corrected chi connectivity index (χ0v) is 12.4. The molecule has 0 aliphatic heterocycles. The second-order valence-electron chi connectivity index (χ2n) is 5.06. The number of benzene rings is 2. The molecule has 4 heteroatoms. The number of nitrogens with zero attached hydrogens (tertiary/aromatic N) is 2. The molecule has 0 atom stereocenters. The Morgan fingerprint density at radius 1 is 1.00 bits per heavy atom. The van der Waals surface area contributed by atoms with Crippen LogP contribution in [0.25, 0.3) is 22.2 Å². The van der Waals surface area contributed by atoms with Crippen LogP contribution < -0.4 is 5.32 Å². The molecule has 1 N–H and O–H groups in total. The number of carbonyl (C=O) groups is 1. The summed E-state index contributed by atoms with van der Waals surface area (Å²) in [4.78, 5) is 12.6. The predicted molar refractivity (Wildman–Crippen MR) is 87.6 cm³/mol. The Morgan fingerprint density at radius 3 is 2.50 bits per heavy atom. The van der Waals surface area contributed by atoms with Crippen molar-refractivity contribution in [3.8, 4) is 11.3 Å². The van der Waals surface area contributed by atoms with Gasteiger partial charge >= 0.3 is 0 Å². The van der Waals surface area contributed by atoms with Gasteiger partial charge in [0.25, 0.3) is 5.91 Å². The van der Waals surface area contributed by atoms with Gasteiger partial charge in [0.1, 0.15) is 5.69 Å². The molecule has 0 aliphatic carbocycles. The minimum atomic E-state index is -0.105. The highest BCUT2D eigenvalue weighted by molar-refractivity contribution is 6.10. The Kier molecular flexibility index (Phi) is 4.10. The Bertz CT molecular complexity index is 800. The van der Waals surface area contributed by atoms with E-state index < -0.39 is 0 Å². The zero-order valence-electron chi connectivity index (χ0n) is 12.4. The summed E-state index contributed by atoms with van der Waals surface area (Å²) in [6.45, 7) is 2.67. The van der Waals surface area contributed by atoms with Gasteiger partial charge in [-0.1, -0.05) is 55.5 Å². The van der Waals surface area contributed by atoms with Crippen molar-refractivity contribution < 1.29 is 4.79 Å². The summed E-state index contributed by atoms with van der Waals surface area (Å²) in [7, 11) is 0. The Morgan fingerprint density at radius 2 is 1.73 bits per heavy atom. The van der Waals surface area contributed by atoms with Crippen LogP contribution in [-0.2, 0) is 0 Å². The van der Waals surface area contributed by atoms with E-state index in [2.05, 4.69) is 15.5 Å². The largest absolute Gasteiger partial charge is 0.352 e. The van der Waals surface area contributed by atoms with E-state index in [4.69, 9.17) is 0 Å². The van der Waals surface area contributed by atoms with Crippen molar-refractivity contribution in [1.29, 1.82) is 0 Å². The standard InChI is InChI=1S/C18H17N3O/c1-2-12-19-18(22)16-14-10-6-7-11-15(14)20-21-17(16)13-8-4-3-5-9-13/h3-11H,2,12H2,1H3,(H,19,22).